The number of carboxylic acids is 1. The highest BCUT2D eigenvalue weighted by Gasteiger charge is 2.39. The minimum Gasteiger partial charge on any atom is -0.477 e. The number of hydrogen-bond acceptors (Lipinski definition) is 3. The van der Waals surface area contributed by atoms with E-state index in [1.54, 1.807) is 6.07 Å². The lowest BCUT2D eigenvalue weighted by Crippen LogP contribution is -2.32. The summed E-state index contributed by atoms with van der Waals surface area (Å²) in [7, 11) is 0. The lowest BCUT2D eigenvalue weighted by molar-refractivity contribution is 0.0688. The molecule has 0 atom stereocenters. The van der Waals surface area contributed by atoms with E-state index in [1.165, 1.54) is 38.5 Å². The van der Waals surface area contributed by atoms with Crippen LogP contribution in [0.2, 0.25) is 0 Å². The van der Waals surface area contributed by atoms with E-state index < -0.39 is 5.97 Å². The fourth-order valence-electron chi connectivity index (χ4n) is 3.25. The van der Waals surface area contributed by atoms with Crippen LogP contribution in [0.25, 0.3) is 0 Å². The van der Waals surface area contributed by atoms with Crippen LogP contribution >= 0.6 is 0 Å². The Kier molecular flexibility index (Phi) is 3.25. The summed E-state index contributed by atoms with van der Waals surface area (Å²) in [5.74, 6) is 1.57. The highest BCUT2D eigenvalue weighted by atomic mass is 16.4. The van der Waals surface area contributed by atoms with Crippen molar-refractivity contribution in [1.29, 1.82) is 0 Å². The first kappa shape index (κ1) is 12.6. The van der Waals surface area contributed by atoms with E-state index in [4.69, 9.17) is 5.11 Å². The van der Waals surface area contributed by atoms with Gasteiger partial charge in [-0.25, -0.2) is 14.8 Å². The highest BCUT2D eigenvalue weighted by molar-refractivity contribution is 5.85. The number of carbonyl (C=O) groups is 1. The molecule has 1 aromatic heterocycles. The van der Waals surface area contributed by atoms with Gasteiger partial charge in [0.2, 0.25) is 0 Å². The van der Waals surface area contributed by atoms with Crippen LogP contribution in [0.4, 0.5) is 0 Å². The maximum atomic E-state index is 11.1. The van der Waals surface area contributed by atoms with Crippen LogP contribution in [0, 0.1) is 18.8 Å². The van der Waals surface area contributed by atoms with E-state index >= 15 is 0 Å². The van der Waals surface area contributed by atoms with Gasteiger partial charge in [0.25, 0.3) is 0 Å². The zero-order valence-corrected chi connectivity index (χ0v) is 11.3. The average Bonchev–Trinajstić information content (AvgIpc) is 2.22. The molecule has 2 aliphatic rings. The molecule has 3 rings (SSSR count). The molecule has 0 unspecified atom stereocenters. The summed E-state index contributed by atoms with van der Waals surface area (Å²) >= 11 is 0. The van der Waals surface area contributed by atoms with Crippen molar-refractivity contribution in [2.75, 3.05) is 0 Å². The van der Waals surface area contributed by atoms with Gasteiger partial charge in [-0.3, -0.25) is 0 Å². The molecular weight excluding hydrogens is 240 g/mol. The molecule has 1 heterocycles. The summed E-state index contributed by atoms with van der Waals surface area (Å²) < 4.78 is 0. The second-order valence-electron chi connectivity index (χ2n) is 5.97. The molecule has 102 valence electrons. The monoisotopic (exact) mass is 260 g/mol. The zero-order chi connectivity index (χ0) is 13.4. The number of hydrogen-bond donors (Lipinski definition) is 1. The first-order chi connectivity index (χ1) is 9.15. The Morgan fingerprint density at radius 3 is 2.21 bits per heavy atom. The number of rotatable bonds is 4. The summed E-state index contributed by atoms with van der Waals surface area (Å²) in [5.41, 5.74) is 0.914. The summed E-state index contributed by atoms with van der Waals surface area (Å²) in [4.78, 5) is 20.0. The van der Waals surface area contributed by atoms with Crippen LogP contribution in [0.15, 0.2) is 6.07 Å². The molecule has 19 heavy (non-hydrogen) atoms. The van der Waals surface area contributed by atoms with E-state index in [2.05, 4.69) is 9.97 Å². The molecular formula is C15H20N2O2. The van der Waals surface area contributed by atoms with Crippen LogP contribution in [0.5, 0.6) is 0 Å². The van der Waals surface area contributed by atoms with Gasteiger partial charge in [0.1, 0.15) is 5.82 Å². The Hall–Kier alpha value is -1.45. The number of carboxylic acid groups (broad SMARTS) is 1. The van der Waals surface area contributed by atoms with Gasteiger partial charge in [-0.1, -0.05) is 12.8 Å². The fraction of sp³-hybridized carbons (Fsp3) is 0.667. The third-order valence-electron chi connectivity index (χ3n) is 4.70. The molecule has 0 amide bonds. The van der Waals surface area contributed by atoms with Crippen molar-refractivity contribution in [2.24, 2.45) is 11.8 Å². The molecule has 2 aliphatic carbocycles. The van der Waals surface area contributed by atoms with Gasteiger partial charge in [0.15, 0.2) is 5.69 Å². The van der Waals surface area contributed by atoms with E-state index in [0.29, 0.717) is 17.8 Å². The van der Waals surface area contributed by atoms with E-state index in [1.807, 2.05) is 6.92 Å². The smallest absolute Gasteiger partial charge is 0.354 e. The molecule has 1 N–H and O–H groups in total. The van der Waals surface area contributed by atoms with Gasteiger partial charge in [-0.2, -0.15) is 0 Å². The maximum Gasteiger partial charge on any atom is 0.354 e. The molecule has 2 saturated carbocycles. The predicted octanol–water partition coefficient (Wildman–Crippen LogP) is 3.17. The largest absolute Gasteiger partial charge is 0.477 e. The van der Waals surface area contributed by atoms with Crippen molar-refractivity contribution in [3.05, 3.63) is 23.3 Å². The van der Waals surface area contributed by atoms with Crippen molar-refractivity contribution in [3.8, 4) is 0 Å². The zero-order valence-electron chi connectivity index (χ0n) is 11.3. The molecule has 0 aromatic carbocycles. The Morgan fingerprint density at radius 1 is 1.21 bits per heavy atom. The number of aromatic nitrogens is 2. The second kappa shape index (κ2) is 4.91. The molecule has 4 nitrogen and oxygen atoms in total. The molecule has 0 spiro atoms. The van der Waals surface area contributed by atoms with Crippen molar-refractivity contribution < 1.29 is 9.90 Å². The molecule has 0 aliphatic heterocycles. The van der Waals surface area contributed by atoms with Gasteiger partial charge in [-0.15, -0.1) is 0 Å². The molecule has 0 saturated heterocycles. The van der Waals surface area contributed by atoms with Crippen LogP contribution in [-0.2, 0) is 0 Å². The second-order valence-corrected chi connectivity index (χ2v) is 5.97. The van der Waals surface area contributed by atoms with E-state index in [9.17, 15) is 4.79 Å². The lowest BCUT2D eigenvalue weighted by Gasteiger charge is -2.41. The van der Waals surface area contributed by atoms with Gasteiger partial charge in [0.05, 0.1) is 0 Å². The average molecular weight is 260 g/mol. The van der Waals surface area contributed by atoms with E-state index in [0.717, 1.165) is 11.5 Å². The van der Waals surface area contributed by atoms with Gasteiger partial charge in [0, 0.05) is 11.6 Å². The third-order valence-corrected chi connectivity index (χ3v) is 4.70. The van der Waals surface area contributed by atoms with Crippen molar-refractivity contribution >= 4 is 5.97 Å². The van der Waals surface area contributed by atoms with Gasteiger partial charge >= 0.3 is 5.97 Å². The van der Waals surface area contributed by atoms with Gasteiger partial charge in [-0.05, 0) is 50.5 Å². The van der Waals surface area contributed by atoms with Crippen molar-refractivity contribution in [1.82, 2.24) is 9.97 Å². The Morgan fingerprint density at radius 2 is 1.79 bits per heavy atom. The van der Waals surface area contributed by atoms with Crippen molar-refractivity contribution in [3.63, 3.8) is 0 Å². The Labute approximate surface area is 113 Å². The summed E-state index contributed by atoms with van der Waals surface area (Å²) in [6.45, 7) is 1.86. The number of nitrogens with zero attached hydrogens (tertiary/aromatic N) is 2. The minimum absolute atomic E-state index is 0.145. The number of aromatic carboxylic acids is 1. The first-order valence-electron chi connectivity index (χ1n) is 7.24. The molecule has 0 bridgehead atoms. The fourth-order valence-corrected chi connectivity index (χ4v) is 3.25. The van der Waals surface area contributed by atoms with Crippen LogP contribution in [-0.4, -0.2) is 21.0 Å². The predicted molar refractivity (Wildman–Crippen MR) is 71.2 cm³/mol. The molecule has 4 heteroatoms. The molecule has 1 aromatic rings. The lowest BCUT2D eigenvalue weighted by atomic mass is 9.64. The van der Waals surface area contributed by atoms with E-state index in [-0.39, 0.29) is 5.69 Å². The van der Waals surface area contributed by atoms with Crippen LogP contribution in [0.3, 0.4) is 0 Å². The van der Waals surface area contributed by atoms with Crippen molar-refractivity contribution in [2.45, 2.75) is 51.4 Å². The van der Waals surface area contributed by atoms with Crippen LogP contribution < -0.4 is 0 Å². The van der Waals surface area contributed by atoms with Gasteiger partial charge < -0.3 is 5.11 Å². The standard InChI is InChI=1S/C15H20N2O2/c1-9-8-12(15(18)19)17-14(16-9)13(10-4-2-5-10)11-6-3-7-11/h8,10-11,13H,2-7H2,1H3,(H,18,19). The number of aryl methyl sites for hydroxylation is 1. The first-order valence-corrected chi connectivity index (χ1v) is 7.24. The molecule has 0 radical (unpaired) electrons. The quantitative estimate of drug-likeness (QED) is 0.903. The molecule has 2 fully saturated rings. The highest BCUT2D eigenvalue weighted by Crippen LogP contribution is 2.48. The summed E-state index contributed by atoms with van der Waals surface area (Å²) in [6.07, 6.45) is 7.60. The summed E-state index contributed by atoms with van der Waals surface area (Å²) in [5, 5.41) is 9.14. The normalized spacial score (nSPS) is 20.1. The Bertz CT molecular complexity index is 479. The summed E-state index contributed by atoms with van der Waals surface area (Å²) in [6, 6.07) is 1.56. The SMILES string of the molecule is Cc1cc(C(=O)O)nc(C(C2CCC2)C2CCC2)n1. The third kappa shape index (κ3) is 2.36. The Balaban J connectivity index is 1.94. The van der Waals surface area contributed by atoms with Crippen LogP contribution in [0.1, 0.15) is 66.4 Å². The topological polar surface area (TPSA) is 63.1 Å². The maximum absolute atomic E-state index is 11.1. The minimum atomic E-state index is -0.951.